The Hall–Kier alpha value is -1.66. The highest BCUT2D eigenvalue weighted by Gasteiger charge is 2.06. The zero-order valence-corrected chi connectivity index (χ0v) is 13.2. The summed E-state index contributed by atoms with van der Waals surface area (Å²) < 4.78 is 0. The first-order valence-corrected chi connectivity index (χ1v) is 7.21. The predicted molar refractivity (Wildman–Crippen MR) is 86.9 cm³/mol. The van der Waals surface area contributed by atoms with Gasteiger partial charge in [-0.3, -0.25) is 9.59 Å². The first-order chi connectivity index (χ1) is 9.88. The highest BCUT2D eigenvalue weighted by molar-refractivity contribution is 7.80. The lowest BCUT2D eigenvalue weighted by Crippen LogP contribution is -2.33. The normalized spacial score (nSPS) is 10.0. The van der Waals surface area contributed by atoms with E-state index >= 15 is 0 Å². The molecule has 0 aromatic heterocycles. The van der Waals surface area contributed by atoms with Crippen LogP contribution in [0.15, 0.2) is 18.2 Å². The van der Waals surface area contributed by atoms with Crippen molar-refractivity contribution in [3.8, 4) is 0 Å². The van der Waals surface area contributed by atoms with E-state index in [1.807, 2.05) is 13.0 Å². The fraction of sp³-hybridized carbons (Fsp3) is 0.357. The Morgan fingerprint density at radius 2 is 2.05 bits per heavy atom. The maximum absolute atomic E-state index is 11.5. The number of carbonyl (C=O) groups is 2. The number of halogens is 1. The molecule has 0 saturated carbocycles. The van der Waals surface area contributed by atoms with Crippen molar-refractivity contribution >= 4 is 46.4 Å². The highest BCUT2D eigenvalue weighted by Crippen LogP contribution is 2.19. The number of anilines is 1. The van der Waals surface area contributed by atoms with Crippen LogP contribution < -0.4 is 10.6 Å². The number of Topliss-reactive ketones (excluding diaryl/α,β-unsaturated/α-hetero) is 1. The van der Waals surface area contributed by atoms with Crippen LogP contribution in [0.5, 0.6) is 0 Å². The Bertz CT molecular complexity index is 549. The standard InChI is InChI=1S/C14H17ClN2O3S/c1-9-7-10(15)5-6-12(9)17-14(21)16-8-11(18)3-2-4-13(19)20/h5-7H,2-4,8H2,1H3,(H,19,20)(H2,16,17,21). The molecule has 0 unspecified atom stereocenters. The summed E-state index contributed by atoms with van der Waals surface area (Å²) in [6.45, 7) is 1.98. The summed E-state index contributed by atoms with van der Waals surface area (Å²) in [6, 6.07) is 5.36. The monoisotopic (exact) mass is 328 g/mol. The van der Waals surface area contributed by atoms with Gasteiger partial charge in [0.05, 0.1) is 6.54 Å². The highest BCUT2D eigenvalue weighted by atomic mass is 35.5. The largest absolute Gasteiger partial charge is 0.481 e. The average molecular weight is 329 g/mol. The quantitative estimate of drug-likeness (QED) is 0.668. The number of carboxylic acid groups (broad SMARTS) is 1. The van der Waals surface area contributed by atoms with Crippen LogP contribution >= 0.6 is 23.8 Å². The Morgan fingerprint density at radius 3 is 2.67 bits per heavy atom. The fourth-order valence-corrected chi connectivity index (χ4v) is 2.05. The number of nitrogens with one attached hydrogen (secondary N) is 2. The molecule has 0 radical (unpaired) electrons. The molecule has 5 nitrogen and oxygen atoms in total. The van der Waals surface area contributed by atoms with Crippen molar-refractivity contribution in [2.24, 2.45) is 0 Å². The summed E-state index contributed by atoms with van der Waals surface area (Å²) in [5.41, 5.74) is 1.76. The molecule has 21 heavy (non-hydrogen) atoms. The second-order valence-electron chi connectivity index (χ2n) is 4.55. The maximum Gasteiger partial charge on any atom is 0.303 e. The Labute approximate surface area is 133 Å². The molecule has 3 N–H and O–H groups in total. The van der Waals surface area contributed by atoms with Crippen molar-refractivity contribution in [1.29, 1.82) is 0 Å². The minimum Gasteiger partial charge on any atom is -0.481 e. The van der Waals surface area contributed by atoms with Gasteiger partial charge >= 0.3 is 5.97 Å². The summed E-state index contributed by atoms with van der Waals surface area (Å²) in [4.78, 5) is 21.9. The average Bonchev–Trinajstić information content (AvgIpc) is 2.39. The molecule has 0 bridgehead atoms. The third kappa shape index (κ3) is 7.06. The van der Waals surface area contributed by atoms with Gasteiger partial charge in [0.2, 0.25) is 0 Å². The van der Waals surface area contributed by atoms with Crippen LogP contribution in [0.25, 0.3) is 0 Å². The molecule has 0 spiro atoms. The summed E-state index contributed by atoms with van der Waals surface area (Å²) in [5.74, 6) is -0.973. The molecule has 1 rings (SSSR count). The third-order valence-corrected chi connectivity index (χ3v) is 3.21. The Kier molecular flexibility index (Phi) is 7.11. The molecule has 0 aliphatic rings. The van der Waals surface area contributed by atoms with E-state index in [4.69, 9.17) is 28.9 Å². The molecule has 0 fully saturated rings. The first kappa shape index (κ1) is 17.4. The number of rotatable bonds is 7. The third-order valence-electron chi connectivity index (χ3n) is 2.73. The van der Waals surface area contributed by atoms with Crippen LogP contribution in [0.4, 0.5) is 5.69 Å². The fourth-order valence-electron chi connectivity index (χ4n) is 1.64. The van der Waals surface area contributed by atoms with E-state index in [1.165, 1.54) is 0 Å². The van der Waals surface area contributed by atoms with Crippen LogP contribution in [-0.2, 0) is 9.59 Å². The topological polar surface area (TPSA) is 78.4 Å². The van der Waals surface area contributed by atoms with E-state index < -0.39 is 5.97 Å². The van der Waals surface area contributed by atoms with Gasteiger partial charge in [0.25, 0.3) is 0 Å². The van der Waals surface area contributed by atoms with Gasteiger partial charge < -0.3 is 15.7 Å². The van der Waals surface area contributed by atoms with Crippen molar-refractivity contribution in [3.05, 3.63) is 28.8 Å². The molecule has 1 aromatic carbocycles. The van der Waals surface area contributed by atoms with E-state index in [9.17, 15) is 9.59 Å². The zero-order valence-electron chi connectivity index (χ0n) is 11.6. The van der Waals surface area contributed by atoms with E-state index in [0.29, 0.717) is 16.6 Å². The Balaban J connectivity index is 2.33. The lowest BCUT2D eigenvalue weighted by molar-refractivity contribution is -0.137. The van der Waals surface area contributed by atoms with E-state index in [-0.39, 0.29) is 25.2 Å². The van der Waals surface area contributed by atoms with Crippen LogP contribution in [-0.4, -0.2) is 28.5 Å². The minimum atomic E-state index is -0.897. The van der Waals surface area contributed by atoms with E-state index in [0.717, 1.165) is 11.3 Å². The molecular weight excluding hydrogens is 312 g/mol. The first-order valence-electron chi connectivity index (χ1n) is 6.43. The number of aryl methyl sites for hydroxylation is 1. The number of carbonyl (C=O) groups excluding carboxylic acids is 1. The number of hydrogen-bond acceptors (Lipinski definition) is 3. The van der Waals surface area contributed by atoms with Crippen molar-refractivity contribution in [2.45, 2.75) is 26.2 Å². The molecule has 0 atom stereocenters. The zero-order chi connectivity index (χ0) is 15.8. The second-order valence-corrected chi connectivity index (χ2v) is 5.40. The summed E-state index contributed by atoms with van der Waals surface area (Å²) in [7, 11) is 0. The van der Waals surface area contributed by atoms with E-state index in [2.05, 4.69) is 10.6 Å². The van der Waals surface area contributed by atoms with Gasteiger partial charge in [0.15, 0.2) is 10.9 Å². The molecule has 114 valence electrons. The van der Waals surface area contributed by atoms with Crippen molar-refractivity contribution in [3.63, 3.8) is 0 Å². The van der Waals surface area contributed by atoms with Gasteiger partial charge in [-0.15, -0.1) is 0 Å². The molecule has 0 aliphatic carbocycles. The summed E-state index contributed by atoms with van der Waals surface area (Å²) in [5, 5.41) is 15.3. The van der Waals surface area contributed by atoms with Gasteiger partial charge in [-0.25, -0.2) is 0 Å². The Morgan fingerprint density at radius 1 is 1.33 bits per heavy atom. The molecule has 0 aliphatic heterocycles. The van der Waals surface area contributed by atoms with Gasteiger partial charge in [0.1, 0.15) is 0 Å². The number of aliphatic carboxylic acids is 1. The molecular formula is C14H17ClN2O3S. The van der Waals surface area contributed by atoms with Crippen molar-refractivity contribution in [2.75, 3.05) is 11.9 Å². The number of benzene rings is 1. The van der Waals surface area contributed by atoms with Crippen molar-refractivity contribution in [1.82, 2.24) is 5.32 Å². The van der Waals surface area contributed by atoms with Crippen molar-refractivity contribution < 1.29 is 14.7 Å². The SMILES string of the molecule is Cc1cc(Cl)ccc1NC(=S)NCC(=O)CCCC(=O)O. The summed E-state index contributed by atoms with van der Waals surface area (Å²) in [6.07, 6.45) is 0.562. The second kappa shape index (κ2) is 8.59. The van der Waals surface area contributed by atoms with Crippen LogP contribution in [0.3, 0.4) is 0 Å². The minimum absolute atomic E-state index is 0.00158. The van der Waals surface area contributed by atoms with E-state index in [1.54, 1.807) is 12.1 Å². The molecule has 1 aromatic rings. The number of thiocarbonyl (C=S) groups is 1. The summed E-state index contributed by atoms with van der Waals surface area (Å²) >= 11 is 11.0. The van der Waals surface area contributed by atoms with Gasteiger partial charge in [-0.05, 0) is 49.3 Å². The lowest BCUT2D eigenvalue weighted by atomic mass is 10.2. The molecule has 0 heterocycles. The lowest BCUT2D eigenvalue weighted by Gasteiger charge is -2.12. The molecule has 7 heteroatoms. The van der Waals surface area contributed by atoms with Crippen LogP contribution in [0.2, 0.25) is 5.02 Å². The van der Waals surface area contributed by atoms with Gasteiger partial charge in [0, 0.05) is 23.6 Å². The number of ketones is 1. The van der Waals surface area contributed by atoms with Gasteiger partial charge in [-0.1, -0.05) is 11.6 Å². The maximum atomic E-state index is 11.5. The van der Waals surface area contributed by atoms with Crippen LogP contribution in [0, 0.1) is 6.92 Å². The predicted octanol–water partition coefficient (Wildman–Crippen LogP) is 2.76. The number of carboxylic acids is 1. The number of hydrogen-bond donors (Lipinski definition) is 3. The molecule has 0 saturated heterocycles. The smallest absolute Gasteiger partial charge is 0.303 e. The van der Waals surface area contributed by atoms with Crippen LogP contribution in [0.1, 0.15) is 24.8 Å². The van der Waals surface area contributed by atoms with Gasteiger partial charge in [-0.2, -0.15) is 0 Å². The molecule has 0 amide bonds.